The van der Waals surface area contributed by atoms with E-state index in [2.05, 4.69) is 0 Å². The fourth-order valence-corrected chi connectivity index (χ4v) is 2.62. The van der Waals surface area contributed by atoms with E-state index in [0.29, 0.717) is 19.0 Å². The van der Waals surface area contributed by atoms with Crippen LogP contribution in [0.3, 0.4) is 0 Å². The Morgan fingerprint density at radius 1 is 1.40 bits per heavy atom. The minimum absolute atomic E-state index is 0.103. The Balaban J connectivity index is 2.02. The quantitative estimate of drug-likeness (QED) is 0.607. The predicted octanol–water partition coefficient (Wildman–Crippen LogP) is 0.950. The van der Waals surface area contributed by atoms with Gasteiger partial charge in [-0.15, -0.1) is 0 Å². The summed E-state index contributed by atoms with van der Waals surface area (Å²) >= 11 is 0. The molecule has 84 valence electrons. The number of carbonyl (C=O) groups excluding carboxylic acids is 2. The van der Waals surface area contributed by atoms with Gasteiger partial charge < -0.3 is 9.64 Å². The molecule has 15 heavy (non-hydrogen) atoms. The number of rotatable bonds is 1. The van der Waals surface area contributed by atoms with Crippen LogP contribution in [0.15, 0.2) is 0 Å². The molecule has 0 radical (unpaired) electrons. The van der Waals surface area contributed by atoms with Crippen LogP contribution in [0.1, 0.15) is 32.1 Å². The van der Waals surface area contributed by atoms with E-state index in [9.17, 15) is 9.59 Å². The summed E-state index contributed by atoms with van der Waals surface area (Å²) in [6.45, 7) is 0.566. The Morgan fingerprint density at radius 2 is 2.20 bits per heavy atom. The van der Waals surface area contributed by atoms with E-state index in [1.54, 1.807) is 0 Å². The molecule has 0 spiro atoms. The van der Waals surface area contributed by atoms with Gasteiger partial charge in [0.1, 0.15) is 0 Å². The van der Waals surface area contributed by atoms with Crippen LogP contribution in [0.2, 0.25) is 0 Å². The SMILES string of the molecule is COC(=O)[C@@H]1CC[C@@H]2CCCC(=O)N2C1. The van der Waals surface area contributed by atoms with E-state index >= 15 is 0 Å². The van der Waals surface area contributed by atoms with Gasteiger partial charge in [0, 0.05) is 19.0 Å². The molecule has 2 aliphatic heterocycles. The molecule has 1 amide bonds. The molecular weight excluding hydrogens is 194 g/mol. The molecule has 0 bridgehead atoms. The number of hydrogen-bond donors (Lipinski definition) is 0. The molecular formula is C11H17NO3. The van der Waals surface area contributed by atoms with E-state index in [-0.39, 0.29) is 17.8 Å². The summed E-state index contributed by atoms with van der Waals surface area (Å²) in [5.74, 6) is -0.0695. The van der Waals surface area contributed by atoms with Crippen molar-refractivity contribution in [2.24, 2.45) is 5.92 Å². The van der Waals surface area contributed by atoms with Gasteiger partial charge in [-0.05, 0) is 25.7 Å². The third-order valence-corrected chi connectivity index (χ3v) is 3.49. The standard InChI is InChI=1S/C11H17NO3/c1-15-11(14)8-5-6-9-3-2-4-10(13)12(9)7-8/h8-9H,2-7H2,1H3/t8-,9+/m1/s1. The molecule has 2 heterocycles. The first-order chi connectivity index (χ1) is 7.22. The molecule has 2 saturated heterocycles. The number of esters is 1. The van der Waals surface area contributed by atoms with Crippen molar-refractivity contribution in [2.45, 2.75) is 38.1 Å². The molecule has 0 N–H and O–H groups in total. The number of fused-ring (bicyclic) bond motifs is 1. The summed E-state index contributed by atoms with van der Waals surface area (Å²) in [7, 11) is 1.41. The van der Waals surface area contributed by atoms with Gasteiger partial charge in [0.05, 0.1) is 13.0 Å². The van der Waals surface area contributed by atoms with E-state index in [0.717, 1.165) is 25.7 Å². The summed E-state index contributed by atoms with van der Waals surface area (Å²) in [5, 5.41) is 0. The largest absolute Gasteiger partial charge is 0.469 e. The maximum absolute atomic E-state index is 11.7. The average Bonchev–Trinajstić information content (AvgIpc) is 2.28. The van der Waals surface area contributed by atoms with Crippen LogP contribution in [-0.2, 0) is 14.3 Å². The molecule has 2 aliphatic rings. The van der Waals surface area contributed by atoms with Crippen LogP contribution in [-0.4, -0.2) is 36.5 Å². The minimum atomic E-state index is -0.174. The number of methoxy groups -OCH3 is 1. The van der Waals surface area contributed by atoms with Crippen molar-refractivity contribution in [2.75, 3.05) is 13.7 Å². The first kappa shape index (κ1) is 10.5. The average molecular weight is 211 g/mol. The van der Waals surface area contributed by atoms with Crippen LogP contribution in [0, 0.1) is 5.92 Å². The van der Waals surface area contributed by atoms with Crippen molar-refractivity contribution >= 4 is 11.9 Å². The summed E-state index contributed by atoms with van der Waals surface area (Å²) in [4.78, 5) is 24.9. The molecule has 0 aromatic rings. The third kappa shape index (κ3) is 1.98. The van der Waals surface area contributed by atoms with Crippen molar-refractivity contribution in [3.63, 3.8) is 0 Å². The maximum atomic E-state index is 11.7. The zero-order valence-corrected chi connectivity index (χ0v) is 9.07. The second-order valence-electron chi connectivity index (χ2n) is 4.39. The Kier molecular flexibility index (Phi) is 2.93. The van der Waals surface area contributed by atoms with Crippen molar-refractivity contribution in [3.8, 4) is 0 Å². The lowest BCUT2D eigenvalue weighted by Crippen LogP contribution is -2.50. The highest BCUT2D eigenvalue weighted by molar-refractivity contribution is 5.79. The predicted molar refractivity (Wildman–Crippen MR) is 54.1 cm³/mol. The van der Waals surface area contributed by atoms with Crippen LogP contribution in [0.5, 0.6) is 0 Å². The van der Waals surface area contributed by atoms with Gasteiger partial charge in [0.25, 0.3) is 0 Å². The van der Waals surface area contributed by atoms with Gasteiger partial charge in [0.2, 0.25) is 5.91 Å². The first-order valence-corrected chi connectivity index (χ1v) is 5.59. The second kappa shape index (κ2) is 4.21. The maximum Gasteiger partial charge on any atom is 0.310 e. The lowest BCUT2D eigenvalue weighted by molar-refractivity contribution is -0.151. The van der Waals surface area contributed by atoms with E-state index in [4.69, 9.17) is 4.74 Å². The van der Waals surface area contributed by atoms with Gasteiger partial charge in [-0.2, -0.15) is 0 Å². The van der Waals surface area contributed by atoms with Gasteiger partial charge in [0.15, 0.2) is 0 Å². The zero-order valence-electron chi connectivity index (χ0n) is 9.07. The van der Waals surface area contributed by atoms with Gasteiger partial charge in [-0.3, -0.25) is 9.59 Å². The zero-order chi connectivity index (χ0) is 10.8. The Hall–Kier alpha value is -1.06. The smallest absolute Gasteiger partial charge is 0.310 e. The molecule has 4 heteroatoms. The van der Waals surface area contributed by atoms with Crippen molar-refractivity contribution < 1.29 is 14.3 Å². The Labute approximate surface area is 89.6 Å². The fourth-order valence-electron chi connectivity index (χ4n) is 2.62. The normalized spacial score (nSPS) is 31.0. The lowest BCUT2D eigenvalue weighted by Gasteiger charge is -2.41. The highest BCUT2D eigenvalue weighted by Gasteiger charge is 2.36. The molecule has 0 aromatic carbocycles. The number of ether oxygens (including phenoxy) is 1. The van der Waals surface area contributed by atoms with Crippen LogP contribution < -0.4 is 0 Å². The topological polar surface area (TPSA) is 46.6 Å². The molecule has 0 aliphatic carbocycles. The second-order valence-corrected chi connectivity index (χ2v) is 4.39. The van der Waals surface area contributed by atoms with Gasteiger partial charge in [-0.1, -0.05) is 0 Å². The Bertz CT molecular complexity index is 277. The number of amides is 1. The van der Waals surface area contributed by atoms with Crippen LogP contribution in [0.25, 0.3) is 0 Å². The van der Waals surface area contributed by atoms with E-state index in [1.807, 2.05) is 4.90 Å². The van der Waals surface area contributed by atoms with Crippen molar-refractivity contribution in [1.29, 1.82) is 0 Å². The minimum Gasteiger partial charge on any atom is -0.469 e. The molecule has 0 unspecified atom stereocenters. The van der Waals surface area contributed by atoms with E-state index < -0.39 is 0 Å². The van der Waals surface area contributed by atoms with Crippen LogP contribution in [0.4, 0.5) is 0 Å². The number of nitrogens with zero attached hydrogens (tertiary/aromatic N) is 1. The van der Waals surface area contributed by atoms with Gasteiger partial charge in [-0.25, -0.2) is 0 Å². The fraction of sp³-hybridized carbons (Fsp3) is 0.818. The molecule has 0 saturated carbocycles. The van der Waals surface area contributed by atoms with Gasteiger partial charge >= 0.3 is 5.97 Å². The van der Waals surface area contributed by atoms with Crippen molar-refractivity contribution in [1.82, 2.24) is 4.90 Å². The monoisotopic (exact) mass is 211 g/mol. The summed E-state index contributed by atoms with van der Waals surface area (Å²) in [5.41, 5.74) is 0. The molecule has 2 rings (SSSR count). The highest BCUT2D eigenvalue weighted by Crippen LogP contribution is 2.29. The van der Waals surface area contributed by atoms with Crippen molar-refractivity contribution in [3.05, 3.63) is 0 Å². The number of hydrogen-bond acceptors (Lipinski definition) is 3. The third-order valence-electron chi connectivity index (χ3n) is 3.49. The Morgan fingerprint density at radius 3 is 2.93 bits per heavy atom. The molecule has 2 fully saturated rings. The lowest BCUT2D eigenvalue weighted by atomic mass is 9.87. The highest BCUT2D eigenvalue weighted by atomic mass is 16.5. The molecule has 0 aromatic heterocycles. The van der Waals surface area contributed by atoms with E-state index in [1.165, 1.54) is 7.11 Å². The number of carbonyl (C=O) groups is 2. The summed E-state index contributed by atoms with van der Waals surface area (Å²) in [6.07, 6.45) is 4.56. The first-order valence-electron chi connectivity index (χ1n) is 5.59. The summed E-state index contributed by atoms with van der Waals surface area (Å²) in [6, 6.07) is 0.382. The summed E-state index contributed by atoms with van der Waals surface area (Å²) < 4.78 is 4.73. The van der Waals surface area contributed by atoms with Crippen LogP contribution >= 0.6 is 0 Å². The molecule has 2 atom stereocenters. The molecule has 4 nitrogen and oxygen atoms in total. The number of piperidine rings is 2.